The summed E-state index contributed by atoms with van der Waals surface area (Å²) in [6, 6.07) is 9.24. The number of rotatable bonds is 4. The lowest BCUT2D eigenvalue weighted by atomic mass is 10.00. The van der Waals surface area contributed by atoms with Gasteiger partial charge in [-0.15, -0.1) is 0 Å². The molecule has 3 rings (SSSR count). The summed E-state index contributed by atoms with van der Waals surface area (Å²) >= 11 is 5.96. The Kier molecular flexibility index (Phi) is 3.60. The van der Waals surface area contributed by atoms with Gasteiger partial charge in [-0.3, -0.25) is 0 Å². The Hall–Kier alpha value is -0.570. The fraction of sp³-hybridized carbons (Fsp3) is 0.600. The SMILES string of the molecule is CC1OCCC1NC(c1ccc(Cl)cc1)C1CC1. The summed E-state index contributed by atoms with van der Waals surface area (Å²) in [4.78, 5) is 0. The molecule has 1 heterocycles. The molecule has 0 radical (unpaired) electrons. The van der Waals surface area contributed by atoms with Crippen LogP contribution in [0.2, 0.25) is 5.02 Å². The predicted molar refractivity (Wildman–Crippen MR) is 73.9 cm³/mol. The average molecular weight is 266 g/mol. The van der Waals surface area contributed by atoms with E-state index >= 15 is 0 Å². The molecule has 2 aliphatic rings. The predicted octanol–water partition coefficient (Wildman–Crippen LogP) is 3.56. The lowest BCUT2D eigenvalue weighted by molar-refractivity contribution is 0.110. The van der Waals surface area contributed by atoms with Crippen molar-refractivity contribution in [2.45, 2.75) is 44.4 Å². The Bertz CT molecular complexity index is 401. The van der Waals surface area contributed by atoms with Gasteiger partial charge in [0.05, 0.1) is 6.10 Å². The monoisotopic (exact) mass is 265 g/mol. The number of benzene rings is 1. The van der Waals surface area contributed by atoms with Crippen molar-refractivity contribution in [2.75, 3.05) is 6.61 Å². The number of halogens is 1. The summed E-state index contributed by atoms with van der Waals surface area (Å²) in [5.74, 6) is 0.791. The van der Waals surface area contributed by atoms with Gasteiger partial charge >= 0.3 is 0 Å². The van der Waals surface area contributed by atoms with E-state index in [9.17, 15) is 0 Å². The van der Waals surface area contributed by atoms with E-state index in [2.05, 4.69) is 24.4 Å². The van der Waals surface area contributed by atoms with Crippen molar-refractivity contribution in [3.05, 3.63) is 34.9 Å². The molecule has 0 spiro atoms. The second-order valence-electron chi connectivity index (χ2n) is 5.50. The third-order valence-corrected chi connectivity index (χ3v) is 4.34. The van der Waals surface area contributed by atoms with Crippen molar-refractivity contribution in [3.8, 4) is 0 Å². The first kappa shape index (κ1) is 12.5. The maximum absolute atomic E-state index is 5.96. The molecule has 1 aliphatic carbocycles. The Balaban J connectivity index is 1.73. The highest BCUT2D eigenvalue weighted by molar-refractivity contribution is 6.30. The van der Waals surface area contributed by atoms with Gasteiger partial charge in [-0.1, -0.05) is 23.7 Å². The van der Waals surface area contributed by atoms with Crippen LogP contribution in [0, 0.1) is 5.92 Å². The zero-order chi connectivity index (χ0) is 12.5. The smallest absolute Gasteiger partial charge is 0.0700 e. The lowest BCUT2D eigenvalue weighted by Gasteiger charge is -2.25. The Morgan fingerprint density at radius 1 is 1.22 bits per heavy atom. The van der Waals surface area contributed by atoms with Gasteiger partial charge in [0, 0.05) is 23.7 Å². The van der Waals surface area contributed by atoms with E-state index in [1.165, 1.54) is 18.4 Å². The van der Waals surface area contributed by atoms with Crippen LogP contribution in [0.5, 0.6) is 0 Å². The van der Waals surface area contributed by atoms with E-state index in [0.29, 0.717) is 18.2 Å². The molecule has 18 heavy (non-hydrogen) atoms. The average Bonchev–Trinajstić information content (AvgIpc) is 3.12. The van der Waals surface area contributed by atoms with E-state index < -0.39 is 0 Å². The second kappa shape index (κ2) is 5.20. The first-order valence-corrected chi connectivity index (χ1v) is 7.25. The van der Waals surface area contributed by atoms with Gasteiger partial charge < -0.3 is 10.1 Å². The van der Waals surface area contributed by atoms with E-state index in [0.717, 1.165) is 24.0 Å². The van der Waals surface area contributed by atoms with Gasteiger partial charge in [0.25, 0.3) is 0 Å². The van der Waals surface area contributed by atoms with Crippen LogP contribution in [-0.4, -0.2) is 18.8 Å². The van der Waals surface area contributed by atoms with Gasteiger partial charge in [-0.2, -0.15) is 0 Å². The molecule has 0 bridgehead atoms. The zero-order valence-electron chi connectivity index (χ0n) is 10.7. The summed E-state index contributed by atoms with van der Waals surface area (Å²) in [6.45, 7) is 3.05. The van der Waals surface area contributed by atoms with Crippen molar-refractivity contribution in [1.29, 1.82) is 0 Å². The molecule has 98 valence electrons. The zero-order valence-corrected chi connectivity index (χ0v) is 11.5. The van der Waals surface area contributed by atoms with Crippen molar-refractivity contribution < 1.29 is 4.74 Å². The van der Waals surface area contributed by atoms with Gasteiger partial charge in [-0.25, -0.2) is 0 Å². The maximum Gasteiger partial charge on any atom is 0.0700 e. The molecule has 1 saturated carbocycles. The van der Waals surface area contributed by atoms with E-state index in [4.69, 9.17) is 16.3 Å². The number of ether oxygens (including phenoxy) is 1. The molecule has 2 nitrogen and oxygen atoms in total. The van der Waals surface area contributed by atoms with Gasteiger partial charge in [0.15, 0.2) is 0 Å². The molecule has 3 unspecified atom stereocenters. The highest BCUT2D eigenvalue weighted by Crippen LogP contribution is 2.42. The third-order valence-electron chi connectivity index (χ3n) is 4.09. The number of nitrogens with one attached hydrogen (secondary N) is 1. The maximum atomic E-state index is 5.96. The minimum absolute atomic E-state index is 0.332. The highest BCUT2D eigenvalue weighted by Gasteiger charge is 2.35. The Morgan fingerprint density at radius 2 is 1.94 bits per heavy atom. The summed E-state index contributed by atoms with van der Waals surface area (Å²) < 4.78 is 5.64. The molecule has 3 atom stereocenters. The molecule has 0 amide bonds. The highest BCUT2D eigenvalue weighted by atomic mass is 35.5. The molecule has 1 aliphatic heterocycles. The summed E-state index contributed by atoms with van der Waals surface area (Å²) in [7, 11) is 0. The van der Waals surface area contributed by atoms with Crippen LogP contribution in [0.15, 0.2) is 24.3 Å². The fourth-order valence-electron chi connectivity index (χ4n) is 2.79. The standard InChI is InChI=1S/C15H20ClNO/c1-10-14(8-9-18-10)17-15(11-2-3-11)12-4-6-13(16)7-5-12/h4-7,10-11,14-15,17H,2-3,8-9H2,1H3. The first-order chi connectivity index (χ1) is 8.74. The van der Waals surface area contributed by atoms with Gasteiger partial charge in [-0.05, 0) is 49.8 Å². The van der Waals surface area contributed by atoms with Crippen LogP contribution >= 0.6 is 11.6 Å². The van der Waals surface area contributed by atoms with Crippen LogP contribution in [-0.2, 0) is 4.74 Å². The number of hydrogen-bond acceptors (Lipinski definition) is 2. The van der Waals surface area contributed by atoms with E-state index in [1.54, 1.807) is 0 Å². The van der Waals surface area contributed by atoms with E-state index in [1.807, 2.05) is 12.1 Å². The molecular formula is C15H20ClNO. The summed E-state index contributed by atoms with van der Waals surface area (Å²) in [5.41, 5.74) is 1.36. The van der Waals surface area contributed by atoms with Gasteiger partial charge in [0.1, 0.15) is 0 Å². The van der Waals surface area contributed by atoms with Crippen LogP contribution in [0.4, 0.5) is 0 Å². The summed E-state index contributed by atoms with van der Waals surface area (Å²) in [6.07, 6.45) is 4.13. The first-order valence-electron chi connectivity index (χ1n) is 6.87. The minimum atomic E-state index is 0.332. The third kappa shape index (κ3) is 2.71. The quantitative estimate of drug-likeness (QED) is 0.899. The molecule has 1 aromatic rings. The van der Waals surface area contributed by atoms with Crippen LogP contribution < -0.4 is 5.32 Å². The largest absolute Gasteiger partial charge is 0.377 e. The lowest BCUT2D eigenvalue weighted by Crippen LogP contribution is -2.38. The topological polar surface area (TPSA) is 21.3 Å². The summed E-state index contributed by atoms with van der Waals surface area (Å²) in [5, 5.41) is 4.61. The van der Waals surface area contributed by atoms with Crippen molar-refractivity contribution in [3.63, 3.8) is 0 Å². The van der Waals surface area contributed by atoms with Crippen LogP contribution in [0.25, 0.3) is 0 Å². The molecule has 1 aromatic carbocycles. The normalized spacial score (nSPS) is 29.4. The van der Waals surface area contributed by atoms with Crippen molar-refractivity contribution in [2.24, 2.45) is 5.92 Å². The molecule has 1 saturated heterocycles. The Labute approximate surface area is 114 Å². The molecule has 0 aromatic heterocycles. The fourth-order valence-corrected chi connectivity index (χ4v) is 2.91. The van der Waals surface area contributed by atoms with Crippen LogP contribution in [0.1, 0.15) is 37.8 Å². The van der Waals surface area contributed by atoms with Crippen molar-refractivity contribution >= 4 is 11.6 Å². The molecule has 1 N–H and O–H groups in total. The molecule has 2 fully saturated rings. The molecule has 3 heteroatoms. The van der Waals surface area contributed by atoms with E-state index in [-0.39, 0.29) is 0 Å². The van der Waals surface area contributed by atoms with Crippen LogP contribution in [0.3, 0.4) is 0 Å². The van der Waals surface area contributed by atoms with Crippen molar-refractivity contribution in [1.82, 2.24) is 5.32 Å². The minimum Gasteiger partial charge on any atom is -0.377 e. The molecular weight excluding hydrogens is 246 g/mol. The number of hydrogen-bond donors (Lipinski definition) is 1. The Morgan fingerprint density at radius 3 is 2.50 bits per heavy atom. The van der Waals surface area contributed by atoms with Gasteiger partial charge in [0.2, 0.25) is 0 Å². The second-order valence-corrected chi connectivity index (χ2v) is 5.94.